The molecule has 1 atom stereocenters. The molecule has 1 aliphatic heterocycles. The standard InChI is InChI=1S/C13H24N6O/c1-10-6-3-4-8-19(10)9-5-7-15-12-16-11(14)17-13(18-12)20-2/h10H,3-9H2,1-2H3,(H3,14,15,16,17,18). The van der Waals surface area contributed by atoms with Gasteiger partial charge in [-0.2, -0.15) is 15.0 Å². The summed E-state index contributed by atoms with van der Waals surface area (Å²) < 4.78 is 4.96. The summed E-state index contributed by atoms with van der Waals surface area (Å²) in [6, 6.07) is 0.946. The van der Waals surface area contributed by atoms with Gasteiger partial charge in [-0.15, -0.1) is 0 Å². The first kappa shape index (κ1) is 14.8. The molecule has 112 valence electrons. The number of nitrogens with two attached hydrogens (primary N) is 1. The van der Waals surface area contributed by atoms with Crippen molar-refractivity contribution in [1.82, 2.24) is 19.9 Å². The van der Waals surface area contributed by atoms with Crippen molar-refractivity contribution in [2.24, 2.45) is 0 Å². The molecule has 2 rings (SSSR count). The summed E-state index contributed by atoms with van der Waals surface area (Å²) in [6.45, 7) is 5.44. The van der Waals surface area contributed by atoms with E-state index in [1.54, 1.807) is 0 Å². The van der Waals surface area contributed by atoms with Crippen molar-refractivity contribution < 1.29 is 4.74 Å². The molecule has 1 fully saturated rings. The highest BCUT2D eigenvalue weighted by Crippen LogP contribution is 2.16. The van der Waals surface area contributed by atoms with Crippen LogP contribution in [-0.2, 0) is 0 Å². The molecular weight excluding hydrogens is 256 g/mol. The third-order valence-electron chi connectivity index (χ3n) is 3.66. The third-order valence-corrected chi connectivity index (χ3v) is 3.66. The van der Waals surface area contributed by atoms with Crippen LogP contribution in [0.4, 0.5) is 11.9 Å². The number of hydrogen-bond acceptors (Lipinski definition) is 7. The van der Waals surface area contributed by atoms with Gasteiger partial charge in [0.15, 0.2) is 0 Å². The molecule has 0 radical (unpaired) electrons. The maximum Gasteiger partial charge on any atom is 0.322 e. The summed E-state index contributed by atoms with van der Waals surface area (Å²) in [5, 5.41) is 3.17. The molecule has 1 aliphatic rings. The normalized spacial score (nSPS) is 19.8. The summed E-state index contributed by atoms with van der Waals surface area (Å²) >= 11 is 0. The molecule has 2 heterocycles. The van der Waals surface area contributed by atoms with E-state index < -0.39 is 0 Å². The number of nitrogen functional groups attached to an aromatic ring is 1. The minimum atomic E-state index is 0.170. The molecule has 1 saturated heterocycles. The number of hydrogen-bond donors (Lipinski definition) is 2. The van der Waals surface area contributed by atoms with Gasteiger partial charge >= 0.3 is 6.01 Å². The van der Waals surface area contributed by atoms with Gasteiger partial charge in [-0.25, -0.2) is 0 Å². The highest BCUT2D eigenvalue weighted by Gasteiger charge is 2.17. The quantitative estimate of drug-likeness (QED) is 0.755. The van der Waals surface area contributed by atoms with Crippen LogP contribution in [0.2, 0.25) is 0 Å². The average Bonchev–Trinajstić information content (AvgIpc) is 2.44. The van der Waals surface area contributed by atoms with Crippen LogP contribution in [-0.4, -0.2) is 52.6 Å². The lowest BCUT2D eigenvalue weighted by Crippen LogP contribution is -2.38. The van der Waals surface area contributed by atoms with Crippen molar-refractivity contribution in [3.8, 4) is 6.01 Å². The van der Waals surface area contributed by atoms with Crippen molar-refractivity contribution in [2.75, 3.05) is 37.8 Å². The third kappa shape index (κ3) is 4.19. The van der Waals surface area contributed by atoms with E-state index in [9.17, 15) is 0 Å². The predicted molar refractivity (Wildman–Crippen MR) is 78.8 cm³/mol. The zero-order valence-electron chi connectivity index (χ0n) is 12.3. The van der Waals surface area contributed by atoms with E-state index in [0.29, 0.717) is 12.0 Å². The highest BCUT2D eigenvalue weighted by molar-refractivity contribution is 5.32. The molecule has 7 heteroatoms. The molecule has 0 amide bonds. The molecular formula is C13H24N6O. The summed E-state index contributed by atoms with van der Waals surface area (Å²) in [6.07, 6.45) is 5.05. The minimum absolute atomic E-state index is 0.170. The van der Waals surface area contributed by atoms with Gasteiger partial charge in [-0.05, 0) is 32.7 Å². The van der Waals surface area contributed by atoms with Gasteiger partial charge in [0.2, 0.25) is 11.9 Å². The number of aromatic nitrogens is 3. The van der Waals surface area contributed by atoms with Gasteiger partial charge in [0.05, 0.1) is 7.11 Å². The van der Waals surface area contributed by atoms with E-state index in [4.69, 9.17) is 10.5 Å². The number of methoxy groups -OCH3 is 1. The molecule has 7 nitrogen and oxygen atoms in total. The van der Waals surface area contributed by atoms with Gasteiger partial charge in [0, 0.05) is 19.1 Å². The van der Waals surface area contributed by atoms with E-state index in [0.717, 1.165) is 19.5 Å². The molecule has 0 aromatic carbocycles. The molecule has 3 N–H and O–H groups in total. The Balaban J connectivity index is 1.74. The van der Waals surface area contributed by atoms with Gasteiger partial charge in [0.25, 0.3) is 0 Å². The second-order valence-electron chi connectivity index (χ2n) is 5.17. The Bertz CT molecular complexity index is 427. The lowest BCUT2D eigenvalue weighted by molar-refractivity contribution is 0.160. The number of nitrogens with zero attached hydrogens (tertiary/aromatic N) is 4. The smallest absolute Gasteiger partial charge is 0.322 e. The fraction of sp³-hybridized carbons (Fsp3) is 0.769. The van der Waals surface area contributed by atoms with Gasteiger partial charge < -0.3 is 20.7 Å². The van der Waals surface area contributed by atoms with E-state index in [2.05, 4.69) is 32.1 Å². The van der Waals surface area contributed by atoms with E-state index in [1.807, 2.05) is 0 Å². The lowest BCUT2D eigenvalue weighted by Gasteiger charge is -2.33. The Kier molecular flexibility index (Phi) is 5.34. The molecule has 1 aromatic heterocycles. The second kappa shape index (κ2) is 7.23. The van der Waals surface area contributed by atoms with Crippen LogP contribution in [0.1, 0.15) is 32.6 Å². The van der Waals surface area contributed by atoms with Crippen LogP contribution < -0.4 is 15.8 Å². The lowest BCUT2D eigenvalue weighted by atomic mass is 10.0. The van der Waals surface area contributed by atoms with Gasteiger partial charge in [0.1, 0.15) is 0 Å². The Hall–Kier alpha value is -1.63. The number of rotatable bonds is 6. The van der Waals surface area contributed by atoms with Crippen molar-refractivity contribution in [2.45, 2.75) is 38.6 Å². The number of anilines is 2. The fourth-order valence-corrected chi connectivity index (χ4v) is 2.51. The largest absolute Gasteiger partial charge is 0.467 e. The SMILES string of the molecule is COc1nc(N)nc(NCCCN2CCCCC2C)n1. The Morgan fingerprint density at radius 2 is 2.20 bits per heavy atom. The monoisotopic (exact) mass is 280 g/mol. The highest BCUT2D eigenvalue weighted by atomic mass is 16.5. The van der Waals surface area contributed by atoms with Crippen molar-refractivity contribution in [3.05, 3.63) is 0 Å². The first-order valence-corrected chi connectivity index (χ1v) is 7.22. The average molecular weight is 280 g/mol. The predicted octanol–water partition coefficient (Wildman–Crippen LogP) is 1.14. The van der Waals surface area contributed by atoms with Crippen LogP contribution >= 0.6 is 0 Å². The summed E-state index contributed by atoms with van der Waals surface area (Å²) in [5.41, 5.74) is 5.58. The summed E-state index contributed by atoms with van der Waals surface area (Å²) in [4.78, 5) is 14.5. The minimum Gasteiger partial charge on any atom is -0.467 e. The number of ether oxygens (including phenoxy) is 1. The second-order valence-corrected chi connectivity index (χ2v) is 5.17. The first-order valence-electron chi connectivity index (χ1n) is 7.22. The summed E-state index contributed by atoms with van der Waals surface area (Å²) in [5.74, 6) is 0.644. The number of piperidine rings is 1. The fourth-order valence-electron chi connectivity index (χ4n) is 2.51. The van der Waals surface area contributed by atoms with Gasteiger partial charge in [-0.1, -0.05) is 6.42 Å². The molecule has 1 unspecified atom stereocenters. The van der Waals surface area contributed by atoms with Crippen molar-refractivity contribution in [1.29, 1.82) is 0 Å². The first-order chi connectivity index (χ1) is 9.69. The Labute approximate surface area is 119 Å². The molecule has 0 bridgehead atoms. The molecule has 20 heavy (non-hydrogen) atoms. The van der Waals surface area contributed by atoms with Crippen molar-refractivity contribution in [3.63, 3.8) is 0 Å². The van der Waals surface area contributed by atoms with Crippen LogP contribution in [0.5, 0.6) is 6.01 Å². The van der Waals surface area contributed by atoms with E-state index in [1.165, 1.54) is 32.9 Å². The molecule has 0 spiro atoms. The topological polar surface area (TPSA) is 89.2 Å². The maximum atomic E-state index is 5.58. The number of likely N-dealkylation sites (tertiary alicyclic amines) is 1. The van der Waals surface area contributed by atoms with Crippen LogP contribution in [0.25, 0.3) is 0 Å². The zero-order valence-corrected chi connectivity index (χ0v) is 12.3. The van der Waals surface area contributed by atoms with Crippen molar-refractivity contribution >= 4 is 11.9 Å². The molecule has 0 saturated carbocycles. The Morgan fingerprint density at radius 1 is 1.35 bits per heavy atom. The zero-order chi connectivity index (χ0) is 14.4. The molecule has 0 aliphatic carbocycles. The maximum absolute atomic E-state index is 5.58. The Morgan fingerprint density at radius 3 is 2.95 bits per heavy atom. The van der Waals surface area contributed by atoms with Crippen LogP contribution in [0.3, 0.4) is 0 Å². The van der Waals surface area contributed by atoms with Crippen LogP contribution in [0, 0.1) is 0 Å². The van der Waals surface area contributed by atoms with E-state index >= 15 is 0 Å². The van der Waals surface area contributed by atoms with Crippen LogP contribution in [0.15, 0.2) is 0 Å². The van der Waals surface area contributed by atoms with E-state index in [-0.39, 0.29) is 12.0 Å². The molecule has 1 aromatic rings. The summed E-state index contributed by atoms with van der Waals surface area (Å²) in [7, 11) is 1.51. The number of nitrogens with one attached hydrogen (secondary N) is 1. The van der Waals surface area contributed by atoms with Gasteiger partial charge in [-0.3, -0.25) is 0 Å².